The molecule has 5 nitrogen and oxygen atoms in total. The van der Waals surface area contributed by atoms with E-state index in [1.807, 2.05) is 23.1 Å². The maximum atomic E-state index is 12.6. The van der Waals surface area contributed by atoms with E-state index < -0.39 is 5.60 Å². The number of aromatic nitrogens is 3. The number of hydrogen-bond acceptors (Lipinski definition) is 4. The van der Waals surface area contributed by atoms with Gasteiger partial charge in [0.15, 0.2) is 0 Å². The lowest BCUT2D eigenvalue weighted by atomic mass is 9.39. The van der Waals surface area contributed by atoms with Gasteiger partial charge in [-0.1, -0.05) is 20.8 Å². The number of pyridine rings is 1. The van der Waals surface area contributed by atoms with E-state index >= 15 is 0 Å². The van der Waals surface area contributed by atoms with Gasteiger partial charge in [0.05, 0.1) is 23.5 Å². The van der Waals surface area contributed by atoms with E-state index in [4.69, 9.17) is 0 Å². The van der Waals surface area contributed by atoms with Crippen LogP contribution in [0.3, 0.4) is 0 Å². The van der Waals surface area contributed by atoms with E-state index in [0.29, 0.717) is 17.3 Å². The molecule has 4 saturated carbocycles. The molecule has 0 aliphatic heterocycles. The number of carbonyl (C=O) groups is 1. The van der Waals surface area contributed by atoms with E-state index in [1.165, 1.54) is 32.1 Å². The first-order chi connectivity index (χ1) is 16.1. The Labute approximate surface area is 203 Å². The SMILES string of the molecule is C[C@@]1(O)CC[C@]2(C)[C@H]3CC[C@]4(C)[C@@H](C(C=O)n5ncc6ccncc65)CC[C@H]4[C@@H]3CC[C@]2(C)C1. The average molecular weight is 464 g/mol. The van der Waals surface area contributed by atoms with Crippen LogP contribution >= 0.6 is 0 Å². The summed E-state index contributed by atoms with van der Waals surface area (Å²) in [5.74, 6) is 2.49. The molecule has 0 saturated heterocycles. The Morgan fingerprint density at radius 2 is 1.85 bits per heavy atom. The van der Waals surface area contributed by atoms with Crippen molar-refractivity contribution in [2.45, 2.75) is 97.1 Å². The van der Waals surface area contributed by atoms with Crippen LogP contribution in [0.2, 0.25) is 0 Å². The summed E-state index contributed by atoms with van der Waals surface area (Å²) < 4.78 is 1.96. The Balaban J connectivity index is 1.31. The molecule has 0 amide bonds. The highest BCUT2D eigenvalue weighted by atomic mass is 16.3. The molecule has 2 heterocycles. The van der Waals surface area contributed by atoms with Crippen molar-refractivity contribution in [2.24, 2.45) is 39.9 Å². The molecule has 34 heavy (non-hydrogen) atoms. The first-order valence-electron chi connectivity index (χ1n) is 13.6. The zero-order chi connectivity index (χ0) is 23.9. The van der Waals surface area contributed by atoms with Crippen LogP contribution in [0.1, 0.15) is 91.5 Å². The molecule has 2 aromatic heterocycles. The maximum Gasteiger partial charge on any atom is 0.144 e. The smallest absolute Gasteiger partial charge is 0.144 e. The fourth-order valence-corrected chi connectivity index (χ4v) is 9.98. The molecule has 1 unspecified atom stereocenters. The van der Waals surface area contributed by atoms with Gasteiger partial charge in [-0.3, -0.25) is 9.67 Å². The number of fused-ring (bicyclic) bond motifs is 6. The average Bonchev–Trinajstić information content (AvgIpc) is 3.37. The summed E-state index contributed by atoms with van der Waals surface area (Å²) in [5.41, 5.74) is 1.17. The topological polar surface area (TPSA) is 68.0 Å². The summed E-state index contributed by atoms with van der Waals surface area (Å²) in [6.07, 6.45) is 17.0. The number of nitrogens with zero attached hydrogens (tertiary/aromatic N) is 3. The highest BCUT2D eigenvalue weighted by Gasteiger charge is 2.65. The molecule has 6 rings (SSSR count). The second-order valence-electron chi connectivity index (χ2n) is 13.4. The summed E-state index contributed by atoms with van der Waals surface area (Å²) in [7, 11) is 0. The third-order valence-electron chi connectivity index (χ3n) is 11.9. The van der Waals surface area contributed by atoms with Crippen molar-refractivity contribution < 1.29 is 9.90 Å². The number of hydrogen-bond donors (Lipinski definition) is 1. The maximum absolute atomic E-state index is 12.6. The molecular formula is C29H41N3O2. The van der Waals surface area contributed by atoms with Gasteiger partial charge in [0.25, 0.3) is 0 Å². The third-order valence-corrected chi connectivity index (χ3v) is 11.9. The summed E-state index contributed by atoms with van der Waals surface area (Å²) in [6, 6.07) is 1.76. The van der Waals surface area contributed by atoms with E-state index in [1.54, 1.807) is 6.20 Å². The first kappa shape index (κ1) is 22.7. The highest BCUT2D eigenvalue weighted by molar-refractivity contribution is 5.78. The standard InChI is InChI=1S/C29H41N3O2/c1-26-10-7-20-21-5-6-23(25(17-33)32-24-16-30-14-9-19(24)15-31-32)28(21,3)11-8-22(20)29(26,4)13-12-27(2,34)18-26/h9,14-17,20-23,25,34H,5-8,10-13,18H2,1-4H3/t20-,21-,22-,23+,25?,26+,27+,28-,29+/m0/s1. The molecule has 5 heteroatoms. The Morgan fingerprint density at radius 3 is 2.65 bits per heavy atom. The van der Waals surface area contributed by atoms with Crippen molar-refractivity contribution in [3.8, 4) is 0 Å². The van der Waals surface area contributed by atoms with Crippen LogP contribution < -0.4 is 0 Å². The number of aliphatic hydroxyl groups is 1. The fraction of sp³-hybridized carbons (Fsp3) is 0.759. The van der Waals surface area contributed by atoms with Gasteiger partial charge in [0.1, 0.15) is 12.3 Å². The Bertz CT molecular complexity index is 1110. The number of rotatable bonds is 3. The Kier molecular flexibility index (Phi) is 4.93. The van der Waals surface area contributed by atoms with Gasteiger partial charge in [-0.15, -0.1) is 0 Å². The monoisotopic (exact) mass is 463 g/mol. The lowest BCUT2D eigenvalue weighted by Gasteiger charge is -2.66. The van der Waals surface area contributed by atoms with E-state index in [-0.39, 0.29) is 16.9 Å². The van der Waals surface area contributed by atoms with Crippen LogP contribution in [0.25, 0.3) is 10.9 Å². The molecule has 9 atom stereocenters. The van der Waals surface area contributed by atoms with Crippen molar-refractivity contribution >= 4 is 17.2 Å². The van der Waals surface area contributed by atoms with Crippen LogP contribution in [0.15, 0.2) is 24.7 Å². The molecule has 0 spiro atoms. The van der Waals surface area contributed by atoms with Gasteiger partial charge in [-0.05, 0) is 111 Å². The molecule has 0 bridgehead atoms. The minimum Gasteiger partial charge on any atom is -0.390 e. The van der Waals surface area contributed by atoms with Crippen LogP contribution in [0.5, 0.6) is 0 Å². The number of aldehydes is 1. The van der Waals surface area contributed by atoms with Gasteiger partial charge in [-0.2, -0.15) is 5.10 Å². The molecule has 4 aliphatic carbocycles. The predicted molar refractivity (Wildman–Crippen MR) is 133 cm³/mol. The van der Waals surface area contributed by atoms with E-state index in [9.17, 15) is 9.90 Å². The zero-order valence-electron chi connectivity index (χ0n) is 21.3. The van der Waals surface area contributed by atoms with Gasteiger partial charge < -0.3 is 9.90 Å². The largest absolute Gasteiger partial charge is 0.390 e. The lowest BCUT2D eigenvalue weighted by Crippen LogP contribution is -2.60. The third kappa shape index (κ3) is 2.98. The molecular weight excluding hydrogens is 422 g/mol. The molecule has 0 radical (unpaired) electrons. The minimum absolute atomic E-state index is 0.178. The van der Waals surface area contributed by atoms with Crippen LogP contribution in [0.4, 0.5) is 0 Å². The van der Waals surface area contributed by atoms with Crippen molar-refractivity contribution in [1.82, 2.24) is 14.8 Å². The lowest BCUT2D eigenvalue weighted by molar-refractivity contribution is -0.189. The van der Waals surface area contributed by atoms with Gasteiger partial charge >= 0.3 is 0 Å². The molecule has 184 valence electrons. The molecule has 4 aliphatic rings. The van der Waals surface area contributed by atoms with Gasteiger partial charge in [-0.25, -0.2) is 0 Å². The first-order valence-corrected chi connectivity index (χ1v) is 13.6. The van der Waals surface area contributed by atoms with E-state index in [0.717, 1.165) is 54.7 Å². The second-order valence-corrected chi connectivity index (χ2v) is 13.4. The normalized spacial score (nSPS) is 47.0. The Hall–Kier alpha value is -1.75. The molecule has 4 fully saturated rings. The zero-order valence-corrected chi connectivity index (χ0v) is 21.3. The van der Waals surface area contributed by atoms with Crippen molar-refractivity contribution in [2.75, 3.05) is 0 Å². The number of carbonyl (C=O) groups excluding carboxylic acids is 1. The second kappa shape index (κ2) is 7.38. The summed E-state index contributed by atoms with van der Waals surface area (Å²) in [6.45, 7) is 9.58. The fourth-order valence-electron chi connectivity index (χ4n) is 9.98. The van der Waals surface area contributed by atoms with Crippen LogP contribution in [-0.2, 0) is 4.79 Å². The summed E-state index contributed by atoms with van der Waals surface area (Å²) >= 11 is 0. The molecule has 1 N–H and O–H groups in total. The van der Waals surface area contributed by atoms with Crippen LogP contribution in [0, 0.1) is 39.9 Å². The van der Waals surface area contributed by atoms with Crippen molar-refractivity contribution in [3.05, 3.63) is 24.7 Å². The molecule has 2 aromatic rings. The van der Waals surface area contributed by atoms with Crippen molar-refractivity contribution in [3.63, 3.8) is 0 Å². The molecule has 0 aromatic carbocycles. The van der Waals surface area contributed by atoms with Gasteiger partial charge in [0, 0.05) is 11.6 Å². The quantitative estimate of drug-likeness (QED) is 0.569. The Morgan fingerprint density at radius 1 is 1.03 bits per heavy atom. The van der Waals surface area contributed by atoms with E-state index in [2.05, 4.69) is 37.8 Å². The highest BCUT2D eigenvalue weighted by Crippen LogP contribution is 2.72. The van der Waals surface area contributed by atoms with Gasteiger partial charge in [0.2, 0.25) is 0 Å². The van der Waals surface area contributed by atoms with Crippen LogP contribution in [-0.4, -0.2) is 31.8 Å². The predicted octanol–water partition coefficient (Wildman–Crippen LogP) is 5.97. The summed E-state index contributed by atoms with van der Waals surface area (Å²) in [4.78, 5) is 16.9. The summed E-state index contributed by atoms with van der Waals surface area (Å²) in [5, 5.41) is 16.6. The van der Waals surface area contributed by atoms with Crippen molar-refractivity contribution in [1.29, 1.82) is 0 Å². The minimum atomic E-state index is -0.513.